The lowest BCUT2D eigenvalue weighted by molar-refractivity contribution is 0.304. The van der Waals surface area contributed by atoms with Gasteiger partial charge in [-0.2, -0.15) is 0 Å². The molecular formula is C14H27N. The maximum Gasteiger partial charge on any atom is 0.00966 e. The summed E-state index contributed by atoms with van der Waals surface area (Å²) in [5.74, 6) is 4.18. The summed E-state index contributed by atoms with van der Waals surface area (Å²) >= 11 is 0. The minimum absolute atomic E-state index is 0.229. The molecule has 1 nitrogen and oxygen atoms in total. The molecule has 2 atom stereocenters. The second-order valence-corrected chi connectivity index (χ2v) is 5.68. The molecule has 0 amide bonds. The Kier molecular flexibility index (Phi) is 6.68. The van der Waals surface area contributed by atoms with E-state index < -0.39 is 0 Å². The summed E-state index contributed by atoms with van der Waals surface area (Å²) in [4.78, 5) is 0. The lowest BCUT2D eigenvalue weighted by Crippen LogP contribution is -2.39. The minimum atomic E-state index is 0.229. The zero-order chi connectivity index (χ0) is 11.9. The summed E-state index contributed by atoms with van der Waals surface area (Å²) in [5, 5.41) is 3.55. The highest BCUT2D eigenvalue weighted by Gasteiger charge is 2.15. The molecule has 0 rings (SSSR count). The highest BCUT2D eigenvalue weighted by atomic mass is 14.9. The summed E-state index contributed by atoms with van der Waals surface area (Å²) < 4.78 is 0. The van der Waals surface area contributed by atoms with Gasteiger partial charge < -0.3 is 5.32 Å². The first kappa shape index (κ1) is 14.5. The van der Waals surface area contributed by atoms with Crippen molar-refractivity contribution in [2.75, 3.05) is 6.54 Å². The third kappa shape index (κ3) is 8.51. The molecule has 0 spiro atoms. The van der Waals surface area contributed by atoms with Crippen LogP contribution in [-0.4, -0.2) is 12.1 Å². The molecule has 15 heavy (non-hydrogen) atoms. The molecular weight excluding hydrogens is 182 g/mol. The number of unbranched alkanes of at least 4 members (excludes halogenated alkanes) is 1. The predicted molar refractivity (Wildman–Crippen MR) is 68.8 cm³/mol. The Balaban J connectivity index is 3.70. The lowest BCUT2D eigenvalue weighted by Gasteiger charge is -2.26. The van der Waals surface area contributed by atoms with E-state index in [0.29, 0.717) is 0 Å². The molecule has 0 aliphatic heterocycles. The molecule has 0 fully saturated rings. The highest BCUT2D eigenvalue weighted by molar-refractivity contribution is 4.83. The van der Waals surface area contributed by atoms with E-state index >= 15 is 0 Å². The molecule has 1 heteroatoms. The summed E-state index contributed by atoms with van der Waals surface area (Å²) in [6.45, 7) is 12.4. The van der Waals surface area contributed by atoms with Crippen LogP contribution in [-0.2, 0) is 0 Å². The number of nitrogens with one attached hydrogen (secondary N) is 1. The van der Waals surface area contributed by atoms with Gasteiger partial charge in [-0.05, 0) is 52.0 Å². The molecule has 0 aromatic carbocycles. The van der Waals surface area contributed by atoms with Crippen LogP contribution < -0.4 is 5.32 Å². The van der Waals surface area contributed by atoms with Crippen LogP contribution in [0.25, 0.3) is 0 Å². The van der Waals surface area contributed by atoms with E-state index in [1.807, 2.05) is 0 Å². The second-order valence-electron chi connectivity index (χ2n) is 5.68. The van der Waals surface area contributed by atoms with E-state index in [0.717, 1.165) is 31.2 Å². The Morgan fingerprint density at radius 2 is 1.80 bits per heavy atom. The third-order valence-corrected chi connectivity index (χ3v) is 2.91. The van der Waals surface area contributed by atoms with Crippen molar-refractivity contribution in [1.29, 1.82) is 0 Å². The maximum atomic E-state index is 5.24. The molecule has 2 unspecified atom stereocenters. The molecule has 1 N–H and O–H groups in total. The monoisotopic (exact) mass is 209 g/mol. The number of rotatable bonds is 6. The van der Waals surface area contributed by atoms with Crippen LogP contribution >= 0.6 is 0 Å². The standard InChI is InChI=1S/C14H27N/c1-7-8-9-10-12(2)13(3)11-15-14(4,5)6/h1,12-13,15H,8-11H2,2-6H3. The van der Waals surface area contributed by atoms with Gasteiger partial charge in [0.2, 0.25) is 0 Å². The number of hydrogen-bond acceptors (Lipinski definition) is 1. The molecule has 0 heterocycles. The third-order valence-electron chi connectivity index (χ3n) is 2.91. The first-order chi connectivity index (χ1) is 6.87. The first-order valence-electron chi connectivity index (χ1n) is 6.05. The fourth-order valence-electron chi connectivity index (χ4n) is 1.48. The van der Waals surface area contributed by atoms with Gasteiger partial charge in [0.05, 0.1) is 0 Å². The van der Waals surface area contributed by atoms with E-state index in [4.69, 9.17) is 6.42 Å². The zero-order valence-electron chi connectivity index (χ0n) is 11.1. The average Bonchev–Trinajstić information content (AvgIpc) is 2.13. The summed E-state index contributed by atoms with van der Waals surface area (Å²) in [6.07, 6.45) is 8.58. The van der Waals surface area contributed by atoms with Crippen LogP contribution in [0.5, 0.6) is 0 Å². The normalized spacial score (nSPS) is 15.7. The van der Waals surface area contributed by atoms with Crippen LogP contribution in [0.4, 0.5) is 0 Å². The van der Waals surface area contributed by atoms with E-state index in [9.17, 15) is 0 Å². The Morgan fingerprint density at radius 1 is 1.20 bits per heavy atom. The van der Waals surface area contributed by atoms with Crippen LogP contribution in [0.3, 0.4) is 0 Å². The topological polar surface area (TPSA) is 12.0 Å². The van der Waals surface area contributed by atoms with Gasteiger partial charge in [0, 0.05) is 12.0 Å². The smallest absolute Gasteiger partial charge is 0.00966 e. The van der Waals surface area contributed by atoms with E-state index in [1.165, 1.54) is 6.42 Å². The van der Waals surface area contributed by atoms with Crippen LogP contribution in [0.1, 0.15) is 53.9 Å². The zero-order valence-corrected chi connectivity index (χ0v) is 11.1. The Labute approximate surface area is 96.0 Å². The SMILES string of the molecule is C#CCCCC(C)C(C)CNC(C)(C)C. The van der Waals surface area contributed by atoms with E-state index in [2.05, 4.69) is 45.9 Å². The molecule has 0 radical (unpaired) electrons. The Bertz CT molecular complexity index is 194. The number of terminal acetylenes is 1. The van der Waals surface area contributed by atoms with Gasteiger partial charge >= 0.3 is 0 Å². The van der Waals surface area contributed by atoms with E-state index in [-0.39, 0.29) is 5.54 Å². The molecule has 0 saturated carbocycles. The molecule has 0 aliphatic rings. The fourth-order valence-corrected chi connectivity index (χ4v) is 1.48. The first-order valence-corrected chi connectivity index (χ1v) is 6.05. The molecule has 0 aromatic heterocycles. The van der Waals surface area contributed by atoms with Crippen LogP contribution in [0.15, 0.2) is 0 Å². The van der Waals surface area contributed by atoms with Gasteiger partial charge in [-0.15, -0.1) is 12.3 Å². The highest BCUT2D eigenvalue weighted by Crippen LogP contribution is 2.17. The van der Waals surface area contributed by atoms with Gasteiger partial charge in [0.1, 0.15) is 0 Å². The average molecular weight is 209 g/mol. The lowest BCUT2D eigenvalue weighted by atomic mass is 9.90. The summed E-state index contributed by atoms with van der Waals surface area (Å²) in [7, 11) is 0. The second kappa shape index (κ2) is 6.90. The van der Waals surface area contributed by atoms with Crippen LogP contribution in [0, 0.1) is 24.2 Å². The summed E-state index contributed by atoms with van der Waals surface area (Å²) in [5.41, 5.74) is 0.229. The van der Waals surface area contributed by atoms with Crippen molar-refractivity contribution in [2.45, 2.75) is 59.4 Å². The number of hydrogen-bond donors (Lipinski definition) is 1. The summed E-state index contributed by atoms with van der Waals surface area (Å²) in [6, 6.07) is 0. The van der Waals surface area contributed by atoms with Gasteiger partial charge in [0.15, 0.2) is 0 Å². The molecule has 0 bridgehead atoms. The van der Waals surface area contributed by atoms with Gasteiger partial charge in [-0.1, -0.05) is 13.8 Å². The Hall–Kier alpha value is -0.480. The van der Waals surface area contributed by atoms with Gasteiger partial charge in [-0.25, -0.2) is 0 Å². The van der Waals surface area contributed by atoms with Crippen LogP contribution in [0.2, 0.25) is 0 Å². The van der Waals surface area contributed by atoms with Crippen molar-refractivity contribution in [3.63, 3.8) is 0 Å². The molecule has 0 saturated heterocycles. The molecule has 0 aromatic rings. The van der Waals surface area contributed by atoms with Crippen molar-refractivity contribution >= 4 is 0 Å². The molecule has 0 aliphatic carbocycles. The minimum Gasteiger partial charge on any atom is -0.312 e. The predicted octanol–water partition coefficient (Wildman–Crippen LogP) is 3.45. The molecule has 88 valence electrons. The van der Waals surface area contributed by atoms with E-state index in [1.54, 1.807) is 0 Å². The van der Waals surface area contributed by atoms with Gasteiger partial charge in [0.25, 0.3) is 0 Å². The maximum absolute atomic E-state index is 5.24. The fraction of sp³-hybridized carbons (Fsp3) is 0.857. The van der Waals surface area contributed by atoms with Crippen molar-refractivity contribution in [3.8, 4) is 12.3 Å². The Morgan fingerprint density at radius 3 is 2.27 bits per heavy atom. The van der Waals surface area contributed by atoms with Crippen molar-refractivity contribution in [3.05, 3.63) is 0 Å². The van der Waals surface area contributed by atoms with Crippen molar-refractivity contribution < 1.29 is 0 Å². The largest absolute Gasteiger partial charge is 0.312 e. The van der Waals surface area contributed by atoms with Crippen molar-refractivity contribution in [2.24, 2.45) is 11.8 Å². The van der Waals surface area contributed by atoms with Crippen molar-refractivity contribution in [1.82, 2.24) is 5.32 Å². The quantitative estimate of drug-likeness (QED) is 0.522. The van der Waals surface area contributed by atoms with Gasteiger partial charge in [-0.3, -0.25) is 0 Å².